The molecule has 0 aliphatic carbocycles. The molecule has 1 atom stereocenters. The summed E-state index contributed by atoms with van der Waals surface area (Å²) in [6.07, 6.45) is 0.581. The predicted octanol–water partition coefficient (Wildman–Crippen LogP) is 2.41. The lowest BCUT2D eigenvalue weighted by Gasteiger charge is -2.21. The van der Waals surface area contributed by atoms with Gasteiger partial charge in [-0.05, 0) is 53.9 Å². The van der Waals surface area contributed by atoms with Gasteiger partial charge in [0.15, 0.2) is 6.61 Å². The van der Waals surface area contributed by atoms with E-state index in [0.717, 1.165) is 10.0 Å². The second-order valence-electron chi connectivity index (χ2n) is 4.85. The van der Waals surface area contributed by atoms with Gasteiger partial charge in [0, 0.05) is 6.54 Å². The summed E-state index contributed by atoms with van der Waals surface area (Å²) >= 11 is 3.38. The SMILES string of the molecule is CCC(C)(O)CNC(=O)COc1ccc(C)cc1Br. The van der Waals surface area contributed by atoms with Crippen LogP contribution in [0.5, 0.6) is 5.75 Å². The molecule has 2 N–H and O–H groups in total. The van der Waals surface area contributed by atoms with Crippen LogP contribution < -0.4 is 10.1 Å². The van der Waals surface area contributed by atoms with Crippen molar-refractivity contribution >= 4 is 21.8 Å². The normalized spacial score (nSPS) is 13.7. The van der Waals surface area contributed by atoms with Crippen LogP contribution in [0.15, 0.2) is 22.7 Å². The van der Waals surface area contributed by atoms with Crippen molar-refractivity contribution in [3.63, 3.8) is 0 Å². The van der Waals surface area contributed by atoms with Gasteiger partial charge in [-0.15, -0.1) is 0 Å². The first-order valence-electron chi connectivity index (χ1n) is 6.22. The molecule has 19 heavy (non-hydrogen) atoms. The topological polar surface area (TPSA) is 58.6 Å². The van der Waals surface area contributed by atoms with Crippen molar-refractivity contribution in [3.8, 4) is 5.75 Å². The smallest absolute Gasteiger partial charge is 0.258 e. The molecule has 0 saturated carbocycles. The first-order chi connectivity index (χ1) is 8.84. The monoisotopic (exact) mass is 329 g/mol. The van der Waals surface area contributed by atoms with Crippen LogP contribution in [0.25, 0.3) is 0 Å². The van der Waals surface area contributed by atoms with Crippen molar-refractivity contribution in [2.75, 3.05) is 13.2 Å². The molecule has 1 unspecified atom stereocenters. The van der Waals surface area contributed by atoms with Gasteiger partial charge in [0.25, 0.3) is 5.91 Å². The number of aryl methyl sites for hydroxylation is 1. The van der Waals surface area contributed by atoms with E-state index in [1.54, 1.807) is 6.92 Å². The van der Waals surface area contributed by atoms with Crippen molar-refractivity contribution in [3.05, 3.63) is 28.2 Å². The molecule has 1 aromatic carbocycles. The maximum atomic E-state index is 11.6. The molecule has 1 aromatic rings. The molecule has 4 nitrogen and oxygen atoms in total. The molecule has 0 radical (unpaired) electrons. The molecule has 1 rings (SSSR count). The standard InChI is InChI=1S/C14H20BrNO3/c1-4-14(3,18)9-16-13(17)8-19-12-6-5-10(2)7-11(12)15/h5-7,18H,4,8-9H2,1-3H3,(H,16,17). The van der Waals surface area contributed by atoms with E-state index < -0.39 is 5.60 Å². The molecule has 0 heterocycles. The molecule has 0 aliphatic heterocycles. The Kier molecular flexibility index (Phi) is 5.82. The number of hydrogen-bond acceptors (Lipinski definition) is 3. The van der Waals surface area contributed by atoms with Gasteiger partial charge in [-0.25, -0.2) is 0 Å². The van der Waals surface area contributed by atoms with E-state index in [0.29, 0.717) is 12.2 Å². The summed E-state index contributed by atoms with van der Waals surface area (Å²) in [7, 11) is 0. The van der Waals surface area contributed by atoms with E-state index in [9.17, 15) is 9.90 Å². The van der Waals surface area contributed by atoms with Crippen LogP contribution in [0.4, 0.5) is 0 Å². The van der Waals surface area contributed by atoms with Crippen molar-refractivity contribution in [1.82, 2.24) is 5.32 Å². The fourth-order valence-corrected chi connectivity index (χ4v) is 1.94. The van der Waals surface area contributed by atoms with Crippen LogP contribution in [-0.4, -0.2) is 29.8 Å². The van der Waals surface area contributed by atoms with Crippen LogP contribution >= 0.6 is 15.9 Å². The lowest BCUT2D eigenvalue weighted by atomic mass is 10.0. The van der Waals surface area contributed by atoms with Gasteiger partial charge < -0.3 is 15.2 Å². The maximum absolute atomic E-state index is 11.6. The second kappa shape index (κ2) is 6.91. The number of ether oxygens (including phenoxy) is 1. The zero-order chi connectivity index (χ0) is 14.5. The van der Waals surface area contributed by atoms with Crippen molar-refractivity contribution in [2.45, 2.75) is 32.8 Å². The van der Waals surface area contributed by atoms with Crippen molar-refractivity contribution in [1.29, 1.82) is 0 Å². The maximum Gasteiger partial charge on any atom is 0.258 e. The minimum Gasteiger partial charge on any atom is -0.483 e. The Morgan fingerprint density at radius 2 is 2.21 bits per heavy atom. The number of carbonyl (C=O) groups is 1. The van der Waals surface area contributed by atoms with Crippen LogP contribution in [0.1, 0.15) is 25.8 Å². The molecule has 106 valence electrons. The lowest BCUT2D eigenvalue weighted by molar-refractivity contribution is -0.124. The Morgan fingerprint density at radius 3 is 2.79 bits per heavy atom. The Hall–Kier alpha value is -1.07. The summed E-state index contributed by atoms with van der Waals surface area (Å²) in [5, 5.41) is 12.4. The van der Waals surface area contributed by atoms with Gasteiger partial charge in [0.2, 0.25) is 0 Å². The van der Waals surface area contributed by atoms with Gasteiger partial charge >= 0.3 is 0 Å². The van der Waals surface area contributed by atoms with E-state index in [2.05, 4.69) is 21.2 Å². The van der Waals surface area contributed by atoms with E-state index in [-0.39, 0.29) is 19.1 Å². The zero-order valence-electron chi connectivity index (χ0n) is 11.5. The van der Waals surface area contributed by atoms with Gasteiger partial charge in [-0.2, -0.15) is 0 Å². The highest BCUT2D eigenvalue weighted by atomic mass is 79.9. The van der Waals surface area contributed by atoms with E-state index in [1.165, 1.54) is 0 Å². The number of amides is 1. The zero-order valence-corrected chi connectivity index (χ0v) is 13.1. The second-order valence-corrected chi connectivity index (χ2v) is 5.70. The largest absolute Gasteiger partial charge is 0.483 e. The summed E-state index contributed by atoms with van der Waals surface area (Å²) in [6.45, 7) is 5.69. The third-order valence-corrected chi connectivity index (χ3v) is 3.49. The molecular weight excluding hydrogens is 310 g/mol. The highest BCUT2D eigenvalue weighted by molar-refractivity contribution is 9.10. The Bertz CT molecular complexity index is 446. The van der Waals surface area contributed by atoms with Gasteiger partial charge in [-0.3, -0.25) is 4.79 Å². The summed E-state index contributed by atoms with van der Waals surface area (Å²) in [6, 6.07) is 5.66. The third kappa shape index (κ3) is 5.61. The summed E-state index contributed by atoms with van der Waals surface area (Å²) < 4.78 is 6.23. The highest BCUT2D eigenvalue weighted by Gasteiger charge is 2.18. The summed E-state index contributed by atoms with van der Waals surface area (Å²) in [4.78, 5) is 11.6. The first kappa shape index (κ1) is 16.0. The highest BCUT2D eigenvalue weighted by Crippen LogP contribution is 2.25. The lowest BCUT2D eigenvalue weighted by Crippen LogP contribution is -2.41. The fourth-order valence-electron chi connectivity index (χ4n) is 1.33. The van der Waals surface area contributed by atoms with Crippen LogP contribution in [0.3, 0.4) is 0 Å². The van der Waals surface area contributed by atoms with Gasteiger partial charge in [-0.1, -0.05) is 13.0 Å². The Labute approximate surface area is 122 Å². The molecule has 0 fully saturated rings. The molecule has 0 aromatic heterocycles. The molecule has 0 bridgehead atoms. The number of benzene rings is 1. The number of nitrogens with one attached hydrogen (secondary N) is 1. The molecule has 0 aliphatic rings. The molecule has 0 saturated heterocycles. The number of aliphatic hydroxyl groups is 1. The van der Waals surface area contributed by atoms with Crippen LogP contribution in [-0.2, 0) is 4.79 Å². The number of halogens is 1. The van der Waals surface area contributed by atoms with E-state index in [1.807, 2.05) is 32.0 Å². The molecule has 1 amide bonds. The average molecular weight is 330 g/mol. The van der Waals surface area contributed by atoms with Gasteiger partial charge in [0.05, 0.1) is 10.1 Å². The van der Waals surface area contributed by atoms with E-state index >= 15 is 0 Å². The summed E-state index contributed by atoms with van der Waals surface area (Å²) in [5.41, 5.74) is 0.239. The minimum absolute atomic E-state index is 0.0680. The molecule has 5 heteroatoms. The quantitative estimate of drug-likeness (QED) is 0.842. The average Bonchev–Trinajstić information content (AvgIpc) is 2.35. The Balaban J connectivity index is 2.42. The van der Waals surface area contributed by atoms with E-state index in [4.69, 9.17) is 4.74 Å². The number of hydrogen-bond donors (Lipinski definition) is 2. The van der Waals surface area contributed by atoms with Crippen LogP contribution in [0.2, 0.25) is 0 Å². The Morgan fingerprint density at radius 1 is 1.53 bits per heavy atom. The molecule has 0 spiro atoms. The predicted molar refractivity (Wildman–Crippen MR) is 78.3 cm³/mol. The summed E-state index contributed by atoms with van der Waals surface area (Å²) in [5.74, 6) is 0.379. The fraction of sp³-hybridized carbons (Fsp3) is 0.500. The van der Waals surface area contributed by atoms with Crippen LogP contribution in [0, 0.1) is 6.92 Å². The third-order valence-electron chi connectivity index (χ3n) is 2.87. The van der Waals surface area contributed by atoms with Crippen molar-refractivity contribution < 1.29 is 14.6 Å². The number of rotatable bonds is 6. The van der Waals surface area contributed by atoms with Crippen molar-refractivity contribution in [2.24, 2.45) is 0 Å². The van der Waals surface area contributed by atoms with Gasteiger partial charge in [0.1, 0.15) is 5.75 Å². The first-order valence-corrected chi connectivity index (χ1v) is 7.01. The number of carbonyl (C=O) groups excluding carboxylic acids is 1. The molecular formula is C14H20BrNO3. The minimum atomic E-state index is -0.875.